The summed E-state index contributed by atoms with van der Waals surface area (Å²) in [6.07, 6.45) is 4.74. The number of aliphatic hydroxyl groups excluding tert-OH is 1. The van der Waals surface area contributed by atoms with Crippen LogP contribution in [0.2, 0.25) is 0 Å². The number of nitrogens with one attached hydrogen (secondary N) is 1. The number of ether oxygens (including phenoxy) is 1. The highest BCUT2D eigenvalue weighted by Gasteiger charge is 2.16. The fraction of sp³-hybridized carbons (Fsp3) is 0.714. The van der Waals surface area contributed by atoms with Gasteiger partial charge in [0.1, 0.15) is 11.5 Å². The summed E-state index contributed by atoms with van der Waals surface area (Å²) in [6.45, 7) is 3.53. The quantitative estimate of drug-likeness (QED) is 0.780. The van der Waals surface area contributed by atoms with Gasteiger partial charge in [-0.05, 0) is 31.9 Å². The number of aliphatic hydroxyl groups is 1. The zero-order chi connectivity index (χ0) is 12.8. The minimum atomic E-state index is -0.443. The lowest BCUT2D eigenvalue weighted by atomic mass is 10.3. The molecule has 0 radical (unpaired) electrons. The monoisotopic (exact) mass is 253 g/mol. The molecule has 0 aliphatic heterocycles. The summed E-state index contributed by atoms with van der Waals surface area (Å²) < 4.78 is 11.1. The van der Waals surface area contributed by atoms with Crippen molar-refractivity contribution >= 4 is 0 Å². The first-order chi connectivity index (χ1) is 8.74. The zero-order valence-corrected chi connectivity index (χ0v) is 11.0. The van der Waals surface area contributed by atoms with E-state index in [-0.39, 0.29) is 0 Å². The van der Waals surface area contributed by atoms with Crippen LogP contribution in [-0.2, 0) is 11.3 Å². The maximum absolute atomic E-state index is 9.77. The van der Waals surface area contributed by atoms with Gasteiger partial charge in [-0.1, -0.05) is 12.8 Å². The Morgan fingerprint density at radius 2 is 2.22 bits per heavy atom. The Bertz CT molecular complexity index is 345. The Balaban J connectivity index is 1.55. The SMILES string of the molecule is Cc1ccc(CNCC(O)COC2CCCC2)o1. The lowest BCUT2D eigenvalue weighted by molar-refractivity contribution is -0.00561. The van der Waals surface area contributed by atoms with Crippen LogP contribution in [0.5, 0.6) is 0 Å². The van der Waals surface area contributed by atoms with Gasteiger partial charge in [0, 0.05) is 6.54 Å². The molecule has 2 rings (SSSR count). The molecular formula is C14H23NO3. The fourth-order valence-corrected chi connectivity index (χ4v) is 2.30. The van der Waals surface area contributed by atoms with Crippen LogP contribution >= 0.6 is 0 Å². The molecule has 1 heterocycles. The second-order valence-electron chi connectivity index (χ2n) is 5.04. The fourth-order valence-electron chi connectivity index (χ4n) is 2.30. The molecule has 1 aliphatic rings. The largest absolute Gasteiger partial charge is 0.465 e. The van der Waals surface area contributed by atoms with Crippen molar-refractivity contribution in [2.75, 3.05) is 13.2 Å². The van der Waals surface area contributed by atoms with Crippen molar-refractivity contribution in [1.82, 2.24) is 5.32 Å². The van der Waals surface area contributed by atoms with Crippen LogP contribution in [-0.4, -0.2) is 30.5 Å². The Morgan fingerprint density at radius 1 is 1.44 bits per heavy atom. The van der Waals surface area contributed by atoms with Crippen molar-refractivity contribution in [1.29, 1.82) is 0 Å². The topological polar surface area (TPSA) is 54.6 Å². The van der Waals surface area contributed by atoms with Crippen molar-refractivity contribution in [3.8, 4) is 0 Å². The van der Waals surface area contributed by atoms with E-state index in [9.17, 15) is 5.11 Å². The molecule has 2 N–H and O–H groups in total. The smallest absolute Gasteiger partial charge is 0.117 e. The molecular weight excluding hydrogens is 230 g/mol. The van der Waals surface area contributed by atoms with Crippen molar-refractivity contribution in [2.45, 2.75) is 51.4 Å². The normalized spacial score (nSPS) is 18.3. The second kappa shape index (κ2) is 6.92. The molecule has 1 unspecified atom stereocenters. The molecule has 4 nitrogen and oxygen atoms in total. The summed E-state index contributed by atoms with van der Waals surface area (Å²) in [5.74, 6) is 1.81. The van der Waals surface area contributed by atoms with Gasteiger partial charge in [-0.15, -0.1) is 0 Å². The van der Waals surface area contributed by atoms with E-state index in [1.807, 2.05) is 19.1 Å². The summed E-state index contributed by atoms with van der Waals surface area (Å²) in [4.78, 5) is 0. The Hall–Kier alpha value is -0.840. The van der Waals surface area contributed by atoms with Crippen molar-refractivity contribution in [3.63, 3.8) is 0 Å². The summed E-state index contributed by atoms with van der Waals surface area (Å²) in [5.41, 5.74) is 0. The molecule has 1 aromatic heterocycles. The summed E-state index contributed by atoms with van der Waals surface area (Å²) in [5, 5.41) is 12.9. The van der Waals surface area contributed by atoms with Crippen LogP contribution in [0.1, 0.15) is 37.2 Å². The van der Waals surface area contributed by atoms with Crippen molar-refractivity contribution in [3.05, 3.63) is 23.7 Å². The van der Waals surface area contributed by atoms with Gasteiger partial charge >= 0.3 is 0 Å². The van der Waals surface area contributed by atoms with E-state index in [4.69, 9.17) is 9.15 Å². The van der Waals surface area contributed by atoms with Gasteiger partial charge in [0.25, 0.3) is 0 Å². The van der Waals surface area contributed by atoms with E-state index in [0.717, 1.165) is 24.4 Å². The van der Waals surface area contributed by atoms with Gasteiger partial charge in [0.15, 0.2) is 0 Å². The van der Waals surface area contributed by atoms with Gasteiger partial charge in [-0.3, -0.25) is 0 Å². The first-order valence-corrected chi connectivity index (χ1v) is 6.80. The Labute approximate surface area is 108 Å². The molecule has 4 heteroatoms. The van der Waals surface area contributed by atoms with E-state index in [1.165, 1.54) is 12.8 Å². The minimum Gasteiger partial charge on any atom is -0.465 e. The molecule has 0 spiro atoms. The predicted molar refractivity (Wildman–Crippen MR) is 69.4 cm³/mol. The molecule has 0 saturated heterocycles. The summed E-state index contributed by atoms with van der Waals surface area (Å²) in [7, 11) is 0. The molecule has 18 heavy (non-hydrogen) atoms. The molecule has 1 aliphatic carbocycles. The molecule has 1 saturated carbocycles. The van der Waals surface area contributed by atoms with Crippen LogP contribution in [0.15, 0.2) is 16.5 Å². The number of aryl methyl sites for hydroxylation is 1. The number of hydrogen-bond acceptors (Lipinski definition) is 4. The van der Waals surface area contributed by atoms with Crippen LogP contribution < -0.4 is 5.32 Å². The Kier molecular flexibility index (Phi) is 5.23. The molecule has 102 valence electrons. The molecule has 1 fully saturated rings. The highest BCUT2D eigenvalue weighted by molar-refractivity contribution is 5.05. The van der Waals surface area contributed by atoms with E-state index in [1.54, 1.807) is 0 Å². The van der Waals surface area contributed by atoms with E-state index in [2.05, 4.69) is 5.32 Å². The highest BCUT2D eigenvalue weighted by Crippen LogP contribution is 2.20. The van der Waals surface area contributed by atoms with Gasteiger partial charge in [-0.25, -0.2) is 0 Å². The van der Waals surface area contributed by atoms with Crippen LogP contribution in [0.25, 0.3) is 0 Å². The summed E-state index contributed by atoms with van der Waals surface area (Å²) in [6, 6.07) is 3.89. The minimum absolute atomic E-state index is 0.368. The Morgan fingerprint density at radius 3 is 2.89 bits per heavy atom. The van der Waals surface area contributed by atoms with E-state index < -0.39 is 6.10 Å². The molecule has 0 bridgehead atoms. The molecule has 0 aromatic carbocycles. The van der Waals surface area contributed by atoms with Crippen molar-refractivity contribution < 1.29 is 14.3 Å². The average Bonchev–Trinajstić information content (AvgIpc) is 2.98. The van der Waals surface area contributed by atoms with E-state index >= 15 is 0 Å². The molecule has 1 aromatic rings. The zero-order valence-electron chi connectivity index (χ0n) is 11.0. The van der Waals surface area contributed by atoms with Crippen LogP contribution in [0.4, 0.5) is 0 Å². The van der Waals surface area contributed by atoms with Gasteiger partial charge in [0.05, 0.1) is 25.4 Å². The molecule has 0 amide bonds. The second-order valence-corrected chi connectivity index (χ2v) is 5.04. The summed E-state index contributed by atoms with van der Waals surface area (Å²) >= 11 is 0. The molecule has 1 atom stereocenters. The maximum Gasteiger partial charge on any atom is 0.117 e. The first-order valence-electron chi connectivity index (χ1n) is 6.80. The van der Waals surface area contributed by atoms with Crippen molar-refractivity contribution in [2.24, 2.45) is 0 Å². The third kappa shape index (κ3) is 4.44. The van der Waals surface area contributed by atoms with Crippen LogP contribution in [0.3, 0.4) is 0 Å². The van der Waals surface area contributed by atoms with E-state index in [0.29, 0.717) is 25.8 Å². The lowest BCUT2D eigenvalue weighted by Crippen LogP contribution is -2.31. The van der Waals surface area contributed by atoms with Crippen LogP contribution in [0, 0.1) is 6.92 Å². The third-order valence-electron chi connectivity index (χ3n) is 3.30. The maximum atomic E-state index is 9.77. The number of furan rings is 1. The predicted octanol–water partition coefficient (Wildman–Crippen LogP) is 2.00. The van der Waals surface area contributed by atoms with Gasteiger partial charge in [0.2, 0.25) is 0 Å². The highest BCUT2D eigenvalue weighted by atomic mass is 16.5. The lowest BCUT2D eigenvalue weighted by Gasteiger charge is -2.15. The third-order valence-corrected chi connectivity index (χ3v) is 3.30. The number of rotatable bonds is 7. The first kappa shape index (κ1) is 13.6. The van der Waals surface area contributed by atoms with Gasteiger partial charge in [-0.2, -0.15) is 0 Å². The average molecular weight is 253 g/mol. The standard InChI is InChI=1S/C14H23NO3/c1-11-6-7-14(18-11)9-15-8-12(16)10-17-13-4-2-3-5-13/h6-7,12-13,15-16H,2-5,8-10H2,1H3. The van der Waals surface area contributed by atoms with Gasteiger partial charge < -0.3 is 19.6 Å². The number of hydrogen-bond donors (Lipinski definition) is 2.